The zero-order valence-corrected chi connectivity index (χ0v) is 7.57. The van der Waals surface area contributed by atoms with Crippen LogP contribution in [0, 0.1) is 0 Å². The maximum absolute atomic E-state index is 12.3. The molecule has 0 heterocycles. The van der Waals surface area contributed by atoms with Gasteiger partial charge in [0.2, 0.25) is 0 Å². The minimum absolute atomic E-state index is 0.278. The van der Waals surface area contributed by atoms with Crippen molar-refractivity contribution in [3.8, 4) is 0 Å². The van der Waals surface area contributed by atoms with Gasteiger partial charge in [-0.25, -0.2) is 4.79 Å². The van der Waals surface area contributed by atoms with E-state index in [1.807, 2.05) is 0 Å². The molecule has 0 spiro atoms. The first-order valence-corrected chi connectivity index (χ1v) is 4.31. The molecule has 7 heteroatoms. The summed E-state index contributed by atoms with van der Waals surface area (Å²) in [6.45, 7) is 0. The lowest BCUT2D eigenvalue weighted by atomic mass is 10.4. The number of carbonyl (C=O) groups is 2. The first-order chi connectivity index (χ1) is 5.90. The minimum Gasteiger partial charge on any atom is -0.477 e. The lowest BCUT2D eigenvalue weighted by Crippen LogP contribution is -2.31. The molecule has 0 aliphatic carbocycles. The molecule has 4 nitrogen and oxygen atoms in total. The van der Waals surface area contributed by atoms with Gasteiger partial charge in [0, 0.05) is 0 Å². The molecule has 0 aromatic rings. The summed E-state index contributed by atoms with van der Waals surface area (Å²) in [6, 6.07) is 0. The minimum atomic E-state index is -3.79. The number of carboxylic acids is 1. The van der Waals surface area contributed by atoms with Gasteiger partial charge in [-0.2, -0.15) is 8.78 Å². The molecule has 13 heavy (non-hydrogen) atoms. The van der Waals surface area contributed by atoms with Gasteiger partial charge in [0.05, 0.1) is 18.6 Å². The molecular formula is C6H8F2O4S. The molecule has 0 amide bonds. The topological polar surface area (TPSA) is 63.6 Å². The van der Waals surface area contributed by atoms with E-state index in [-0.39, 0.29) is 5.75 Å². The largest absolute Gasteiger partial charge is 0.477 e. The Hall–Kier alpha value is -0.850. The first-order valence-electron chi connectivity index (χ1n) is 3.16. The highest BCUT2D eigenvalue weighted by Gasteiger charge is 2.38. The highest BCUT2D eigenvalue weighted by atomic mass is 32.2. The van der Waals surface area contributed by atoms with E-state index >= 15 is 0 Å². The smallest absolute Gasteiger partial charge is 0.375 e. The van der Waals surface area contributed by atoms with E-state index in [1.165, 1.54) is 0 Å². The van der Waals surface area contributed by atoms with Crippen molar-refractivity contribution in [1.82, 2.24) is 0 Å². The quantitative estimate of drug-likeness (QED) is 0.679. The molecule has 0 saturated carbocycles. The maximum Gasteiger partial charge on any atom is 0.375 e. The van der Waals surface area contributed by atoms with E-state index in [0.29, 0.717) is 11.8 Å². The molecule has 0 aliphatic rings. The second kappa shape index (κ2) is 5.00. The van der Waals surface area contributed by atoms with Crippen LogP contribution in [0.3, 0.4) is 0 Å². The van der Waals surface area contributed by atoms with Crippen LogP contribution in [0.5, 0.6) is 0 Å². The third kappa shape index (κ3) is 4.66. The third-order valence-corrected chi connectivity index (χ3v) is 2.05. The number of ether oxygens (including phenoxy) is 1. The zero-order chi connectivity index (χ0) is 10.5. The fourth-order valence-corrected chi connectivity index (χ4v) is 1.15. The molecule has 0 fully saturated rings. The molecule has 0 saturated heterocycles. The molecular weight excluding hydrogens is 206 g/mol. The van der Waals surface area contributed by atoms with Crippen LogP contribution >= 0.6 is 11.8 Å². The normalized spacial score (nSPS) is 11.0. The summed E-state index contributed by atoms with van der Waals surface area (Å²) in [4.78, 5) is 20.3. The summed E-state index contributed by atoms with van der Waals surface area (Å²) in [5, 5.41) is 7.98. The summed E-state index contributed by atoms with van der Waals surface area (Å²) in [5.41, 5.74) is 0. The van der Waals surface area contributed by atoms with Gasteiger partial charge in [-0.3, -0.25) is 4.79 Å². The fraction of sp³-hybridized carbons (Fsp3) is 0.667. The Morgan fingerprint density at radius 2 is 2.08 bits per heavy atom. The van der Waals surface area contributed by atoms with Crippen molar-refractivity contribution in [2.45, 2.75) is 5.92 Å². The second-order valence-corrected chi connectivity index (χ2v) is 3.06. The number of carbonyl (C=O) groups excluding carboxylic acids is 1. The van der Waals surface area contributed by atoms with E-state index in [4.69, 9.17) is 5.11 Å². The Labute approximate surface area is 77.2 Å². The number of carboxylic acid groups (broad SMARTS) is 1. The van der Waals surface area contributed by atoms with Gasteiger partial charge < -0.3 is 9.84 Å². The molecule has 0 bridgehead atoms. The number of thioether (sulfide) groups is 1. The third-order valence-electron chi connectivity index (χ3n) is 1.04. The van der Waals surface area contributed by atoms with Crippen LogP contribution in [-0.4, -0.2) is 41.6 Å². The van der Waals surface area contributed by atoms with E-state index < -0.39 is 23.6 Å². The molecule has 1 N–H and O–H groups in total. The average molecular weight is 214 g/mol. The standard InChI is InChI=1S/C6H8F2O4S/c1-12-4(9)2-13-3-6(7,8)5(10)11/h2-3H2,1H3,(H,10,11). The van der Waals surface area contributed by atoms with Gasteiger partial charge in [0.15, 0.2) is 0 Å². The van der Waals surface area contributed by atoms with Crippen molar-refractivity contribution >= 4 is 23.7 Å². The van der Waals surface area contributed by atoms with Gasteiger partial charge in [-0.05, 0) is 0 Å². The average Bonchev–Trinajstić information content (AvgIpc) is 2.03. The van der Waals surface area contributed by atoms with Crippen LogP contribution < -0.4 is 0 Å². The number of hydrogen-bond donors (Lipinski definition) is 1. The van der Waals surface area contributed by atoms with Gasteiger partial charge in [-0.1, -0.05) is 0 Å². The molecule has 0 aromatic heterocycles. The first kappa shape index (κ1) is 12.2. The summed E-state index contributed by atoms with van der Waals surface area (Å²) >= 11 is 0.516. The Morgan fingerprint density at radius 3 is 2.46 bits per heavy atom. The summed E-state index contributed by atoms with van der Waals surface area (Å²) in [5.74, 6) is -7.86. The number of halogens is 2. The molecule has 0 aromatic carbocycles. The highest BCUT2D eigenvalue weighted by Crippen LogP contribution is 2.20. The molecule has 0 aliphatic heterocycles. The second-order valence-electron chi connectivity index (χ2n) is 2.08. The lowest BCUT2D eigenvalue weighted by molar-refractivity contribution is -0.161. The summed E-state index contributed by atoms with van der Waals surface area (Å²) in [6.07, 6.45) is 0. The van der Waals surface area contributed by atoms with Gasteiger partial charge in [-0.15, -0.1) is 11.8 Å². The van der Waals surface area contributed by atoms with Crippen molar-refractivity contribution in [2.24, 2.45) is 0 Å². The Morgan fingerprint density at radius 1 is 1.54 bits per heavy atom. The molecule has 76 valence electrons. The van der Waals surface area contributed by atoms with Crippen molar-refractivity contribution in [1.29, 1.82) is 0 Å². The zero-order valence-electron chi connectivity index (χ0n) is 6.75. The lowest BCUT2D eigenvalue weighted by Gasteiger charge is -2.09. The van der Waals surface area contributed by atoms with Crippen LogP contribution in [0.1, 0.15) is 0 Å². The molecule has 0 radical (unpaired) electrons. The maximum atomic E-state index is 12.3. The van der Waals surface area contributed by atoms with Gasteiger partial charge >= 0.3 is 17.9 Å². The number of aliphatic carboxylic acids is 1. The molecule has 0 rings (SSSR count). The number of esters is 1. The SMILES string of the molecule is COC(=O)CSCC(F)(F)C(=O)O. The summed E-state index contributed by atoms with van der Waals surface area (Å²) in [7, 11) is 1.12. The molecule has 0 unspecified atom stereocenters. The summed E-state index contributed by atoms with van der Waals surface area (Å²) < 4.78 is 28.8. The van der Waals surface area contributed by atoms with E-state index in [2.05, 4.69) is 4.74 Å². The van der Waals surface area contributed by atoms with E-state index in [9.17, 15) is 18.4 Å². The predicted octanol–water partition coefficient (Wildman–Crippen LogP) is 0.613. The Balaban J connectivity index is 3.76. The number of hydrogen-bond acceptors (Lipinski definition) is 4. The van der Waals surface area contributed by atoms with Crippen molar-refractivity contribution in [3.05, 3.63) is 0 Å². The molecule has 0 atom stereocenters. The Kier molecular flexibility index (Phi) is 4.68. The van der Waals surface area contributed by atoms with Crippen molar-refractivity contribution in [3.63, 3.8) is 0 Å². The Bertz CT molecular complexity index is 207. The number of methoxy groups -OCH3 is 1. The highest BCUT2D eigenvalue weighted by molar-refractivity contribution is 8.00. The van der Waals surface area contributed by atoms with Crippen LogP contribution in [0.4, 0.5) is 8.78 Å². The predicted molar refractivity (Wildman–Crippen MR) is 41.9 cm³/mol. The van der Waals surface area contributed by atoms with Crippen LogP contribution in [0.25, 0.3) is 0 Å². The fourth-order valence-electron chi connectivity index (χ4n) is 0.383. The monoisotopic (exact) mass is 214 g/mol. The van der Waals surface area contributed by atoms with Crippen LogP contribution in [-0.2, 0) is 14.3 Å². The number of rotatable bonds is 5. The van der Waals surface area contributed by atoms with Crippen LogP contribution in [0.15, 0.2) is 0 Å². The van der Waals surface area contributed by atoms with Crippen molar-refractivity contribution < 1.29 is 28.2 Å². The van der Waals surface area contributed by atoms with Crippen LogP contribution in [0.2, 0.25) is 0 Å². The van der Waals surface area contributed by atoms with E-state index in [0.717, 1.165) is 7.11 Å². The van der Waals surface area contributed by atoms with Gasteiger partial charge in [0.25, 0.3) is 0 Å². The van der Waals surface area contributed by atoms with E-state index in [1.54, 1.807) is 0 Å². The number of alkyl halides is 2. The van der Waals surface area contributed by atoms with Gasteiger partial charge in [0.1, 0.15) is 0 Å². The van der Waals surface area contributed by atoms with Crippen molar-refractivity contribution in [2.75, 3.05) is 18.6 Å².